The molecule has 57 heavy (non-hydrogen) atoms. The first-order valence-corrected chi connectivity index (χ1v) is 24.9. The van der Waals surface area contributed by atoms with Crippen LogP contribution in [0.4, 0.5) is 0 Å². The first kappa shape index (κ1) is 55.2. The van der Waals surface area contributed by atoms with Crippen LogP contribution in [-0.2, 0) is 19.0 Å². The minimum atomic E-state index is -0.0211. The second-order valence-corrected chi connectivity index (χ2v) is 17.6. The molecule has 0 aromatic heterocycles. The Morgan fingerprint density at radius 1 is 0.509 bits per heavy atom. The molecule has 0 saturated heterocycles. The van der Waals surface area contributed by atoms with Crippen molar-refractivity contribution in [1.82, 2.24) is 4.90 Å². The molecule has 0 aliphatic rings. The Labute approximate surface area is 357 Å². The summed E-state index contributed by atoms with van der Waals surface area (Å²) in [5.74, 6) is 2.71. The molecule has 0 N–H and O–H groups in total. The summed E-state index contributed by atoms with van der Waals surface area (Å²) in [6, 6.07) is 0. The highest BCUT2D eigenvalue weighted by Crippen LogP contribution is 2.23. The molecule has 2 atom stereocenters. The number of rotatable bonds is 45. The van der Waals surface area contributed by atoms with E-state index in [0.29, 0.717) is 6.42 Å². The Kier molecular flexibility index (Phi) is 41.1. The van der Waals surface area contributed by atoms with Gasteiger partial charge in [-0.25, -0.2) is 0 Å². The van der Waals surface area contributed by atoms with Gasteiger partial charge in [0.15, 0.2) is 0 Å². The molecule has 0 saturated carbocycles. The van der Waals surface area contributed by atoms with Crippen molar-refractivity contribution < 1.29 is 19.0 Å². The number of esters is 1. The second kappa shape index (κ2) is 42.4. The van der Waals surface area contributed by atoms with E-state index in [0.717, 1.165) is 101 Å². The molecule has 0 aromatic rings. The zero-order valence-electron chi connectivity index (χ0n) is 39.4. The third-order valence-corrected chi connectivity index (χ3v) is 11.6. The lowest BCUT2D eigenvalue weighted by Crippen LogP contribution is -2.20. The van der Waals surface area contributed by atoms with E-state index < -0.39 is 0 Å². The summed E-state index contributed by atoms with van der Waals surface area (Å²) in [4.78, 5) is 14.8. The van der Waals surface area contributed by atoms with Gasteiger partial charge in [-0.2, -0.15) is 0 Å². The number of carbonyl (C=O) groups excluding carboxylic acids is 1. The Morgan fingerprint density at radius 2 is 0.982 bits per heavy atom. The van der Waals surface area contributed by atoms with E-state index in [9.17, 15) is 4.79 Å². The zero-order valence-corrected chi connectivity index (χ0v) is 39.4. The van der Waals surface area contributed by atoms with Crippen molar-refractivity contribution in [3.8, 4) is 0 Å². The third-order valence-electron chi connectivity index (χ3n) is 11.6. The van der Waals surface area contributed by atoms with Crippen LogP contribution in [0.25, 0.3) is 0 Å². The number of unbranched alkanes of at least 4 members (excludes halogenated alkanes) is 17. The maximum atomic E-state index is 12.7. The number of hydrogen-bond donors (Lipinski definition) is 0. The number of hydrogen-bond acceptors (Lipinski definition) is 5. The maximum Gasteiger partial charge on any atom is 0.306 e. The van der Waals surface area contributed by atoms with Crippen molar-refractivity contribution in [3.63, 3.8) is 0 Å². The van der Waals surface area contributed by atoms with Crippen molar-refractivity contribution >= 4 is 5.97 Å². The molecule has 0 bridgehead atoms. The van der Waals surface area contributed by atoms with Crippen molar-refractivity contribution in [2.24, 2.45) is 5.92 Å². The molecule has 336 valence electrons. The van der Waals surface area contributed by atoms with Gasteiger partial charge < -0.3 is 19.1 Å². The molecule has 0 radical (unpaired) electrons. The van der Waals surface area contributed by atoms with Gasteiger partial charge in [-0.1, -0.05) is 174 Å². The molecule has 0 rings (SSSR count). The average Bonchev–Trinajstić information content (AvgIpc) is 3.18. The fourth-order valence-corrected chi connectivity index (χ4v) is 7.75. The third kappa shape index (κ3) is 39.5. The normalized spacial score (nSPS) is 12.9. The lowest BCUT2D eigenvalue weighted by molar-refractivity contribution is -0.150. The molecular weight excluding hydrogens is 703 g/mol. The van der Waals surface area contributed by atoms with Crippen LogP contribution in [0.3, 0.4) is 0 Å². The summed E-state index contributed by atoms with van der Waals surface area (Å²) in [6.07, 6.45) is 42.8. The van der Waals surface area contributed by atoms with Gasteiger partial charge in [0.25, 0.3) is 0 Å². The molecular formula is C52H99NO4. The fourth-order valence-electron chi connectivity index (χ4n) is 7.75. The summed E-state index contributed by atoms with van der Waals surface area (Å²) >= 11 is 0. The lowest BCUT2D eigenvalue weighted by Gasteiger charge is -2.19. The van der Waals surface area contributed by atoms with E-state index in [2.05, 4.69) is 65.9 Å². The Morgan fingerprint density at radius 3 is 1.58 bits per heavy atom. The fraction of sp³-hybridized carbons (Fsp3) is 0.865. The van der Waals surface area contributed by atoms with Crippen LogP contribution in [-0.4, -0.2) is 50.8 Å². The van der Waals surface area contributed by atoms with E-state index in [4.69, 9.17) is 14.2 Å². The zero-order chi connectivity index (χ0) is 42.0. The summed E-state index contributed by atoms with van der Waals surface area (Å²) < 4.78 is 18.2. The van der Waals surface area contributed by atoms with E-state index in [1.54, 1.807) is 5.57 Å². The number of nitrogens with zero attached hydrogens (tertiary/aromatic N) is 1. The molecule has 0 fully saturated rings. The second-order valence-electron chi connectivity index (χ2n) is 17.6. The van der Waals surface area contributed by atoms with Crippen molar-refractivity contribution in [2.75, 3.05) is 33.9 Å². The number of carbonyl (C=O) groups is 1. The monoisotopic (exact) mass is 802 g/mol. The van der Waals surface area contributed by atoms with Gasteiger partial charge in [-0.05, 0) is 97.2 Å². The minimum absolute atomic E-state index is 0.0211. The highest BCUT2D eigenvalue weighted by atomic mass is 16.5. The SMILES string of the molecule is C=C(CCCCCCCC(CCCCCCCC(=C)OCCC(CCCCC)CCCCCC)OC(=O)CCCN(C)C)OCC/C(=C/CCCC)CCCCC. The van der Waals surface area contributed by atoms with Crippen LogP contribution in [0.1, 0.15) is 246 Å². The van der Waals surface area contributed by atoms with Gasteiger partial charge in [0.2, 0.25) is 0 Å². The van der Waals surface area contributed by atoms with Gasteiger partial charge in [0, 0.05) is 25.7 Å². The summed E-state index contributed by atoms with van der Waals surface area (Å²) in [7, 11) is 4.11. The maximum absolute atomic E-state index is 12.7. The molecule has 0 aliphatic heterocycles. The van der Waals surface area contributed by atoms with Crippen LogP contribution in [0, 0.1) is 5.92 Å². The molecule has 0 spiro atoms. The molecule has 0 aromatic carbocycles. The quantitative estimate of drug-likeness (QED) is 0.0266. The number of allylic oxidation sites excluding steroid dienone is 3. The molecule has 5 nitrogen and oxygen atoms in total. The first-order chi connectivity index (χ1) is 27.7. The van der Waals surface area contributed by atoms with Crippen LogP contribution < -0.4 is 0 Å². The molecule has 2 unspecified atom stereocenters. The lowest BCUT2D eigenvalue weighted by atomic mass is 9.92. The van der Waals surface area contributed by atoms with Crippen LogP contribution >= 0.6 is 0 Å². The minimum Gasteiger partial charge on any atom is -0.499 e. The van der Waals surface area contributed by atoms with E-state index in [-0.39, 0.29) is 12.1 Å². The molecule has 0 heterocycles. The van der Waals surface area contributed by atoms with Crippen molar-refractivity contribution in [2.45, 2.75) is 252 Å². The topological polar surface area (TPSA) is 48.0 Å². The summed E-state index contributed by atoms with van der Waals surface area (Å²) in [5.41, 5.74) is 1.57. The van der Waals surface area contributed by atoms with Gasteiger partial charge in [-0.15, -0.1) is 0 Å². The largest absolute Gasteiger partial charge is 0.499 e. The Hall–Kier alpha value is -1.75. The molecule has 5 heteroatoms. The standard InChI is InChI=1S/C52H99NO4/c1-9-13-17-29-38-50(37-26-16-12-4)43-46-56-48(6)34-28-21-19-23-31-40-51(57-52(54)41-32-44-53(7)8)39-30-22-18-20-27-33-47(5)55-45-42-49(35-24-14-10-2)36-25-15-11-3/h35,50-51H,5-6,9-34,36-46H2,1-4,7-8H3/b49-35+. The van der Waals surface area contributed by atoms with Crippen molar-refractivity contribution in [3.05, 3.63) is 36.3 Å². The van der Waals surface area contributed by atoms with E-state index >= 15 is 0 Å². The van der Waals surface area contributed by atoms with Crippen LogP contribution in [0.15, 0.2) is 36.3 Å². The summed E-state index contributed by atoms with van der Waals surface area (Å²) in [6.45, 7) is 20.1. The predicted octanol–water partition coefficient (Wildman–Crippen LogP) is 16.4. The molecule has 0 amide bonds. The summed E-state index contributed by atoms with van der Waals surface area (Å²) in [5, 5.41) is 0. The average molecular weight is 802 g/mol. The highest BCUT2D eigenvalue weighted by molar-refractivity contribution is 5.69. The predicted molar refractivity (Wildman–Crippen MR) is 250 cm³/mol. The van der Waals surface area contributed by atoms with Gasteiger partial charge in [0.05, 0.1) is 24.7 Å². The van der Waals surface area contributed by atoms with Gasteiger partial charge in [-0.3, -0.25) is 4.79 Å². The van der Waals surface area contributed by atoms with E-state index in [1.165, 1.54) is 148 Å². The Balaban J connectivity index is 4.38. The van der Waals surface area contributed by atoms with Crippen molar-refractivity contribution in [1.29, 1.82) is 0 Å². The highest BCUT2D eigenvalue weighted by Gasteiger charge is 2.15. The van der Waals surface area contributed by atoms with E-state index in [1.807, 2.05) is 0 Å². The van der Waals surface area contributed by atoms with Gasteiger partial charge in [0.1, 0.15) is 6.10 Å². The van der Waals surface area contributed by atoms with Crippen LogP contribution in [0.2, 0.25) is 0 Å². The molecule has 0 aliphatic carbocycles. The first-order valence-electron chi connectivity index (χ1n) is 24.9. The van der Waals surface area contributed by atoms with Gasteiger partial charge >= 0.3 is 5.97 Å². The Bertz CT molecular complexity index is 942. The smallest absolute Gasteiger partial charge is 0.306 e. The number of ether oxygens (including phenoxy) is 3. The van der Waals surface area contributed by atoms with Crippen LogP contribution in [0.5, 0.6) is 0 Å².